The van der Waals surface area contributed by atoms with Crippen LogP contribution in [0.5, 0.6) is 0 Å². The number of hydrogen-bond donors (Lipinski definition) is 2. The van der Waals surface area contributed by atoms with E-state index >= 15 is 0 Å². The quantitative estimate of drug-likeness (QED) is 0.508. The van der Waals surface area contributed by atoms with E-state index in [2.05, 4.69) is 34.6 Å². The predicted octanol–water partition coefficient (Wildman–Crippen LogP) is 5.18. The molecule has 0 amide bonds. The van der Waals surface area contributed by atoms with Crippen LogP contribution < -0.4 is 0 Å². The number of aliphatic hydroxyl groups is 2. The van der Waals surface area contributed by atoms with Gasteiger partial charge in [0.1, 0.15) is 11.7 Å². The summed E-state index contributed by atoms with van der Waals surface area (Å²) in [7, 11) is 0. The van der Waals surface area contributed by atoms with Crippen molar-refractivity contribution in [3.8, 4) is 0 Å². The fourth-order valence-corrected chi connectivity index (χ4v) is 10.3. The van der Waals surface area contributed by atoms with E-state index in [-0.39, 0.29) is 29.5 Å². The van der Waals surface area contributed by atoms with E-state index in [4.69, 9.17) is 4.74 Å². The van der Waals surface area contributed by atoms with E-state index in [1.165, 1.54) is 13.3 Å². The predicted molar refractivity (Wildman–Crippen MR) is 139 cm³/mol. The lowest BCUT2D eigenvalue weighted by Crippen LogP contribution is -2.72. The summed E-state index contributed by atoms with van der Waals surface area (Å²) in [5, 5.41) is 23.8. The van der Waals surface area contributed by atoms with Gasteiger partial charge in [0.05, 0.1) is 11.5 Å². The number of allylic oxidation sites excluding steroid dienone is 1. The Hall–Kier alpha value is -1.20. The van der Waals surface area contributed by atoms with E-state index in [1.807, 2.05) is 6.92 Å². The van der Waals surface area contributed by atoms with Crippen LogP contribution in [0.2, 0.25) is 0 Å². The van der Waals surface area contributed by atoms with Crippen LogP contribution in [0.15, 0.2) is 12.2 Å². The highest BCUT2D eigenvalue weighted by Crippen LogP contribution is 2.70. The molecule has 5 aliphatic carbocycles. The molecule has 0 aromatic rings. The molecule has 4 saturated carbocycles. The normalized spacial score (nSPS) is 51.2. The monoisotopic (exact) mass is 500 g/mol. The minimum atomic E-state index is -1.49. The maximum Gasteiger partial charge on any atom is 0.303 e. The standard InChI is InChI=1S/C31H48O5/c1-16(2)17(3)20-13-21(20)18(4)23-10-11-24-22-14-27(36-19(5)32)31(35)12-8-9-26(34)30(31,7)28(22)25(33)15-29(23,24)6/h8-9,16-18,20-25,27-28,33,35H,10-15H2,1-7H3/t17-,18-,20-,21-,22?,23-,24?,25-,27-,28?,29-,30-,31+/m1/s1. The third-order valence-electron chi connectivity index (χ3n) is 12.6. The van der Waals surface area contributed by atoms with Crippen LogP contribution in [0.25, 0.3) is 0 Å². The van der Waals surface area contributed by atoms with Gasteiger partial charge in [0.2, 0.25) is 0 Å². The topological polar surface area (TPSA) is 83.8 Å². The summed E-state index contributed by atoms with van der Waals surface area (Å²) in [5.74, 6) is 3.72. The van der Waals surface area contributed by atoms with Crippen molar-refractivity contribution in [2.45, 2.75) is 105 Å². The molecule has 5 rings (SSSR count). The SMILES string of the molecule is CC(=O)O[C@@H]1CC2C3CC[C@H]([C@H](C)[C@H]4C[C@@H]4[C@H](C)C(C)C)[C@@]3(C)C[C@@H](O)C2[C@@]2(C)C(=O)C=CC[C@]12O. The first kappa shape index (κ1) is 26.4. The third kappa shape index (κ3) is 3.54. The molecule has 0 aromatic heterocycles. The molecule has 0 aliphatic heterocycles. The van der Waals surface area contributed by atoms with E-state index in [1.54, 1.807) is 12.2 Å². The van der Waals surface area contributed by atoms with Crippen LogP contribution in [-0.2, 0) is 14.3 Å². The summed E-state index contributed by atoms with van der Waals surface area (Å²) in [6.45, 7) is 15.1. The summed E-state index contributed by atoms with van der Waals surface area (Å²) < 4.78 is 5.77. The molecular formula is C31H48O5. The fraction of sp³-hybridized carbons (Fsp3) is 0.871. The van der Waals surface area contributed by atoms with Gasteiger partial charge in [-0.15, -0.1) is 0 Å². The fourth-order valence-electron chi connectivity index (χ4n) is 10.3. The molecule has 13 atom stereocenters. The average molecular weight is 501 g/mol. The molecule has 0 aromatic carbocycles. The van der Waals surface area contributed by atoms with E-state index in [9.17, 15) is 19.8 Å². The Morgan fingerprint density at radius 1 is 1.11 bits per heavy atom. The van der Waals surface area contributed by atoms with Crippen LogP contribution in [0, 0.1) is 64.1 Å². The lowest BCUT2D eigenvalue weighted by atomic mass is 9.42. The molecule has 4 fully saturated rings. The average Bonchev–Trinajstić information content (AvgIpc) is 3.50. The van der Waals surface area contributed by atoms with Crippen molar-refractivity contribution >= 4 is 11.8 Å². The van der Waals surface area contributed by atoms with Crippen LogP contribution in [0.4, 0.5) is 0 Å². The van der Waals surface area contributed by atoms with Crippen LogP contribution in [0.3, 0.4) is 0 Å². The zero-order chi connectivity index (χ0) is 26.4. The second-order valence-corrected chi connectivity index (χ2v) is 14.2. The Morgan fingerprint density at radius 3 is 2.44 bits per heavy atom. The van der Waals surface area contributed by atoms with Gasteiger partial charge in [-0.1, -0.05) is 40.7 Å². The number of carbonyl (C=O) groups is 2. The van der Waals surface area contributed by atoms with Crippen molar-refractivity contribution in [3.63, 3.8) is 0 Å². The molecule has 0 bridgehead atoms. The lowest BCUT2D eigenvalue weighted by Gasteiger charge is -2.64. The Morgan fingerprint density at radius 2 is 1.81 bits per heavy atom. The van der Waals surface area contributed by atoms with Gasteiger partial charge in [-0.3, -0.25) is 9.59 Å². The number of carbonyl (C=O) groups excluding carboxylic acids is 2. The number of aliphatic hydroxyl groups excluding tert-OH is 1. The first-order chi connectivity index (χ1) is 16.8. The van der Waals surface area contributed by atoms with Gasteiger partial charge in [0.25, 0.3) is 0 Å². The summed E-state index contributed by atoms with van der Waals surface area (Å²) in [6.07, 6.45) is 6.93. The summed E-state index contributed by atoms with van der Waals surface area (Å²) in [5.41, 5.74) is -2.65. The molecule has 0 spiro atoms. The van der Waals surface area contributed by atoms with E-state index < -0.39 is 29.2 Å². The van der Waals surface area contributed by atoms with Crippen LogP contribution in [-0.4, -0.2) is 39.8 Å². The summed E-state index contributed by atoms with van der Waals surface area (Å²) >= 11 is 0. The molecule has 3 unspecified atom stereocenters. The number of esters is 1. The first-order valence-corrected chi connectivity index (χ1v) is 14.6. The molecule has 2 N–H and O–H groups in total. The van der Waals surface area contributed by atoms with Gasteiger partial charge in [0, 0.05) is 12.8 Å². The van der Waals surface area contributed by atoms with Crippen molar-refractivity contribution < 1.29 is 24.5 Å². The molecule has 5 heteroatoms. The number of ketones is 1. The maximum absolute atomic E-state index is 13.5. The second kappa shape index (κ2) is 8.66. The van der Waals surface area contributed by atoms with E-state index in [0.717, 1.165) is 30.6 Å². The first-order valence-electron chi connectivity index (χ1n) is 14.6. The Balaban J connectivity index is 1.47. The summed E-state index contributed by atoms with van der Waals surface area (Å²) in [4.78, 5) is 25.6. The molecule has 0 saturated heterocycles. The Bertz CT molecular complexity index is 941. The molecule has 5 nitrogen and oxygen atoms in total. The van der Waals surface area contributed by atoms with Crippen molar-refractivity contribution in [1.82, 2.24) is 0 Å². The molecule has 0 heterocycles. The van der Waals surface area contributed by atoms with Gasteiger partial charge in [-0.05, 0) is 104 Å². The number of rotatable bonds is 5. The summed E-state index contributed by atoms with van der Waals surface area (Å²) in [6, 6.07) is 0. The Kier molecular flexibility index (Phi) is 6.35. The van der Waals surface area contributed by atoms with Gasteiger partial charge in [0.15, 0.2) is 5.78 Å². The smallest absolute Gasteiger partial charge is 0.303 e. The van der Waals surface area contributed by atoms with Crippen molar-refractivity contribution in [1.29, 1.82) is 0 Å². The number of fused-ring (bicyclic) bond motifs is 5. The van der Waals surface area contributed by atoms with Crippen molar-refractivity contribution in [3.05, 3.63) is 12.2 Å². The van der Waals surface area contributed by atoms with Crippen molar-refractivity contribution in [2.75, 3.05) is 0 Å². The van der Waals surface area contributed by atoms with Gasteiger partial charge in [-0.2, -0.15) is 0 Å². The van der Waals surface area contributed by atoms with Crippen LogP contribution >= 0.6 is 0 Å². The molecular weight excluding hydrogens is 452 g/mol. The van der Waals surface area contributed by atoms with Gasteiger partial charge in [-0.25, -0.2) is 0 Å². The largest absolute Gasteiger partial charge is 0.459 e. The highest BCUT2D eigenvalue weighted by Gasteiger charge is 2.72. The molecule has 202 valence electrons. The number of ether oxygens (including phenoxy) is 1. The minimum Gasteiger partial charge on any atom is -0.459 e. The lowest BCUT2D eigenvalue weighted by molar-refractivity contribution is -0.257. The minimum absolute atomic E-state index is 0.00560. The highest BCUT2D eigenvalue weighted by molar-refractivity contribution is 5.97. The van der Waals surface area contributed by atoms with Crippen LogP contribution in [0.1, 0.15) is 87.0 Å². The second-order valence-electron chi connectivity index (χ2n) is 14.2. The Labute approximate surface area is 217 Å². The molecule has 0 radical (unpaired) electrons. The third-order valence-corrected chi connectivity index (χ3v) is 12.6. The van der Waals surface area contributed by atoms with E-state index in [0.29, 0.717) is 36.5 Å². The van der Waals surface area contributed by atoms with Gasteiger partial charge < -0.3 is 14.9 Å². The number of hydrogen-bond acceptors (Lipinski definition) is 5. The zero-order valence-electron chi connectivity index (χ0n) is 23.4. The molecule has 5 aliphatic rings. The van der Waals surface area contributed by atoms with Crippen molar-refractivity contribution in [2.24, 2.45) is 64.1 Å². The molecule has 36 heavy (non-hydrogen) atoms. The maximum atomic E-state index is 13.5. The van der Waals surface area contributed by atoms with Gasteiger partial charge >= 0.3 is 5.97 Å². The zero-order valence-corrected chi connectivity index (χ0v) is 23.4. The highest BCUT2D eigenvalue weighted by atomic mass is 16.6.